The summed E-state index contributed by atoms with van der Waals surface area (Å²) < 4.78 is 0. The van der Waals surface area contributed by atoms with Crippen LogP contribution in [0.3, 0.4) is 0 Å². The minimum atomic E-state index is -0.0750. The number of carbonyl (C=O) groups is 1. The Morgan fingerprint density at radius 3 is 2.92 bits per heavy atom. The summed E-state index contributed by atoms with van der Waals surface area (Å²) in [5, 5.41) is 0. The first kappa shape index (κ1) is 7.40. The molecule has 1 saturated carbocycles. The second-order valence-corrected chi connectivity index (χ2v) is 3.36. The van der Waals surface area contributed by atoms with Crippen LogP contribution in [0.5, 0.6) is 0 Å². The second-order valence-electron chi connectivity index (χ2n) is 3.36. The van der Waals surface area contributed by atoms with Crippen molar-refractivity contribution in [2.45, 2.75) is 19.3 Å². The molecule has 1 aliphatic carbocycles. The number of carbonyl (C=O) groups excluding carboxylic acids is 1. The van der Waals surface area contributed by atoms with E-state index >= 15 is 0 Å². The van der Waals surface area contributed by atoms with Gasteiger partial charge in [0.2, 0.25) is 0 Å². The van der Waals surface area contributed by atoms with Crippen LogP contribution in [0.4, 0.5) is 0 Å². The van der Waals surface area contributed by atoms with E-state index in [4.69, 9.17) is 0 Å². The molecule has 0 saturated heterocycles. The van der Waals surface area contributed by atoms with Gasteiger partial charge in [0.15, 0.2) is 0 Å². The largest absolute Gasteiger partial charge is 0.303 e. The third kappa shape index (κ3) is 1.35. The van der Waals surface area contributed by atoms with Gasteiger partial charge < -0.3 is 4.79 Å². The molecular formula is C9H10N2O. The van der Waals surface area contributed by atoms with Gasteiger partial charge in [0.05, 0.1) is 0 Å². The Kier molecular flexibility index (Phi) is 1.64. The summed E-state index contributed by atoms with van der Waals surface area (Å²) in [6, 6.07) is 1.86. The molecule has 2 rings (SSSR count). The lowest BCUT2D eigenvalue weighted by Crippen LogP contribution is -2.07. The highest BCUT2D eigenvalue weighted by Crippen LogP contribution is 2.45. The van der Waals surface area contributed by atoms with E-state index in [0.717, 1.165) is 31.2 Å². The molecule has 0 amide bonds. The van der Waals surface area contributed by atoms with Crippen LogP contribution < -0.4 is 0 Å². The Hall–Kier alpha value is -1.25. The van der Waals surface area contributed by atoms with Crippen LogP contribution >= 0.6 is 0 Å². The fourth-order valence-corrected chi connectivity index (χ4v) is 1.28. The van der Waals surface area contributed by atoms with E-state index < -0.39 is 0 Å². The maximum Gasteiger partial charge on any atom is 0.126 e. The van der Waals surface area contributed by atoms with Crippen molar-refractivity contribution >= 4 is 6.29 Å². The number of aromatic nitrogens is 2. The van der Waals surface area contributed by atoms with E-state index in [1.165, 1.54) is 6.33 Å². The molecule has 0 unspecified atom stereocenters. The van der Waals surface area contributed by atoms with Crippen molar-refractivity contribution in [3.8, 4) is 0 Å². The lowest BCUT2D eigenvalue weighted by Gasteiger charge is -2.03. The van der Waals surface area contributed by atoms with Crippen molar-refractivity contribution in [2.24, 2.45) is 5.41 Å². The van der Waals surface area contributed by atoms with Crippen molar-refractivity contribution in [1.82, 2.24) is 9.97 Å². The quantitative estimate of drug-likeness (QED) is 0.622. The van der Waals surface area contributed by atoms with Gasteiger partial charge in [-0.05, 0) is 18.9 Å². The lowest BCUT2D eigenvalue weighted by atomic mass is 10.0. The molecule has 0 aliphatic heterocycles. The van der Waals surface area contributed by atoms with Crippen LogP contribution in [0.2, 0.25) is 0 Å². The Morgan fingerprint density at radius 1 is 1.58 bits per heavy atom. The summed E-state index contributed by atoms with van der Waals surface area (Å²) in [5.74, 6) is 0. The van der Waals surface area contributed by atoms with Crippen molar-refractivity contribution < 1.29 is 4.79 Å². The molecule has 62 valence electrons. The van der Waals surface area contributed by atoms with Crippen LogP contribution in [-0.4, -0.2) is 16.3 Å². The smallest absolute Gasteiger partial charge is 0.126 e. The average Bonchev–Trinajstić information content (AvgIpc) is 2.88. The molecule has 1 fully saturated rings. The summed E-state index contributed by atoms with van der Waals surface area (Å²) in [7, 11) is 0. The SMILES string of the molecule is O=CC1(Cc2ccncn2)CC1. The third-order valence-electron chi connectivity index (χ3n) is 2.32. The number of aldehydes is 1. The number of hydrogen-bond acceptors (Lipinski definition) is 3. The predicted octanol–water partition coefficient (Wildman–Crippen LogP) is 0.998. The number of rotatable bonds is 3. The second kappa shape index (κ2) is 2.66. The molecule has 1 heterocycles. The van der Waals surface area contributed by atoms with E-state index in [0.29, 0.717) is 0 Å². The standard InChI is InChI=1S/C9H10N2O/c12-6-9(2-3-9)5-8-1-4-10-7-11-8/h1,4,6-7H,2-3,5H2. The highest BCUT2D eigenvalue weighted by atomic mass is 16.1. The molecule has 12 heavy (non-hydrogen) atoms. The van der Waals surface area contributed by atoms with E-state index in [9.17, 15) is 4.79 Å². The normalized spacial score (nSPS) is 18.7. The highest BCUT2D eigenvalue weighted by molar-refractivity contribution is 5.64. The zero-order valence-corrected chi connectivity index (χ0v) is 6.73. The number of hydrogen-bond donors (Lipinski definition) is 0. The van der Waals surface area contributed by atoms with E-state index in [-0.39, 0.29) is 5.41 Å². The molecule has 0 atom stereocenters. The summed E-state index contributed by atoms with van der Waals surface area (Å²) in [6.45, 7) is 0. The van der Waals surface area contributed by atoms with Crippen molar-refractivity contribution in [2.75, 3.05) is 0 Å². The van der Waals surface area contributed by atoms with Gasteiger partial charge in [-0.1, -0.05) is 0 Å². The van der Waals surface area contributed by atoms with Crippen molar-refractivity contribution in [1.29, 1.82) is 0 Å². The highest BCUT2D eigenvalue weighted by Gasteiger charge is 2.42. The summed E-state index contributed by atoms with van der Waals surface area (Å²) >= 11 is 0. The van der Waals surface area contributed by atoms with Crippen LogP contribution in [-0.2, 0) is 11.2 Å². The first-order valence-corrected chi connectivity index (χ1v) is 4.06. The maximum atomic E-state index is 10.7. The molecule has 0 N–H and O–H groups in total. The maximum absolute atomic E-state index is 10.7. The first-order valence-electron chi connectivity index (χ1n) is 4.06. The van der Waals surface area contributed by atoms with Crippen LogP contribution in [0.1, 0.15) is 18.5 Å². The van der Waals surface area contributed by atoms with Gasteiger partial charge in [-0.2, -0.15) is 0 Å². The third-order valence-corrected chi connectivity index (χ3v) is 2.32. The van der Waals surface area contributed by atoms with Crippen LogP contribution in [0.15, 0.2) is 18.6 Å². The van der Waals surface area contributed by atoms with E-state index in [1.54, 1.807) is 6.20 Å². The molecule has 1 aromatic heterocycles. The zero-order valence-electron chi connectivity index (χ0n) is 6.73. The van der Waals surface area contributed by atoms with Crippen LogP contribution in [0, 0.1) is 5.41 Å². The van der Waals surface area contributed by atoms with Gasteiger partial charge in [-0.25, -0.2) is 9.97 Å². The summed E-state index contributed by atoms with van der Waals surface area (Å²) in [6.07, 6.45) is 7.11. The summed E-state index contributed by atoms with van der Waals surface area (Å²) in [5.41, 5.74) is 0.892. The molecule has 0 aromatic carbocycles. The Labute approximate surface area is 70.9 Å². The number of nitrogens with zero attached hydrogens (tertiary/aromatic N) is 2. The molecule has 0 radical (unpaired) electrons. The molecular weight excluding hydrogens is 152 g/mol. The van der Waals surface area contributed by atoms with Gasteiger partial charge in [0, 0.05) is 23.7 Å². The fraction of sp³-hybridized carbons (Fsp3) is 0.444. The first-order chi connectivity index (χ1) is 5.85. The fourth-order valence-electron chi connectivity index (χ4n) is 1.28. The molecule has 0 spiro atoms. The Balaban J connectivity index is 2.09. The van der Waals surface area contributed by atoms with Gasteiger partial charge >= 0.3 is 0 Å². The van der Waals surface area contributed by atoms with Crippen molar-refractivity contribution in [3.05, 3.63) is 24.3 Å². The molecule has 0 bridgehead atoms. The minimum Gasteiger partial charge on any atom is -0.303 e. The topological polar surface area (TPSA) is 42.9 Å². The molecule has 3 heteroatoms. The summed E-state index contributed by atoms with van der Waals surface area (Å²) in [4.78, 5) is 18.6. The van der Waals surface area contributed by atoms with E-state index in [1.807, 2.05) is 6.07 Å². The van der Waals surface area contributed by atoms with Crippen LogP contribution in [0.25, 0.3) is 0 Å². The lowest BCUT2D eigenvalue weighted by molar-refractivity contribution is -0.112. The molecule has 1 aliphatic rings. The van der Waals surface area contributed by atoms with Gasteiger partial charge in [0.1, 0.15) is 12.6 Å². The van der Waals surface area contributed by atoms with Gasteiger partial charge in [-0.15, -0.1) is 0 Å². The molecule has 1 aromatic rings. The Morgan fingerprint density at radius 2 is 2.42 bits per heavy atom. The van der Waals surface area contributed by atoms with Crippen molar-refractivity contribution in [3.63, 3.8) is 0 Å². The minimum absolute atomic E-state index is 0.0750. The zero-order chi connectivity index (χ0) is 8.44. The predicted molar refractivity (Wildman–Crippen MR) is 43.5 cm³/mol. The van der Waals surface area contributed by atoms with Gasteiger partial charge in [0.25, 0.3) is 0 Å². The average molecular weight is 162 g/mol. The monoisotopic (exact) mass is 162 g/mol. The van der Waals surface area contributed by atoms with E-state index in [2.05, 4.69) is 9.97 Å². The van der Waals surface area contributed by atoms with Gasteiger partial charge in [-0.3, -0.25) is 0 Å². The Bertz CT molecular complexity index is 280. The molecule has 3 nitrogen and oxygen atoms in total.